The number of hydrogen-bond acceptors (Lipinski definition) is 4. The van der Waals surface area contributed by atoms with E-state index in [4.69, 9.17) is 27.9 Å². The Morgan fingerprint density at radius 2 is 1.59 bits per heavy atom. The zero-order valence-corrected chi connectivity index (χ0v) is 16.2. The van der Waals surface area contributed by atoms with Gasteiger partial charge in [-0.1, -0.05) is 29.3 Å². The lowest BCUT2D eigenvalue weighted by atomic mass is 10.1. The van der Waals surface area contributed by atoms with Crippen LogP contribution in [-0.4, -0.2) is 31.6 Å². The predicted molar refractivity (Wildman–Crippen MR) is 108 cm³/mol. The first-order chi connectivity index (χ1) is 13.0. The summed E-state index contributed by atoms with van der Waals surface area (Å²) in [5, 5.41) is 3.07. The van der Waals surface area contributed by atoms with Crippen LogP contribution in [0, 0.1) is 0 Å². The summed E-state index contributed by atoms with van der Waals surface area (Å²) in [6.07, 6.45) is 3.70. The standard InChI is InChI=1S/C20H20Cl2N2O3/c21-16-5-4-6-17(22)19(16)20(26)27-13-18(25)23-14-7-9-15(10-8-14)24-11-2-1-3-12-24/h4-10H,1-3,11-13H2,(H,23,25). The van der Waals surface area contributed by atoms with E-state index in [0.29, 0.717) is 5.69 Å². The molecule has 0 aromatic heterocycles. The minimum Gasteiger partial charge on any atom is -0.452 e. The first-order valence-corrected chi connectivity index (χ1v) is 9.56. The van der Waals surface area contributed by atoms with E-state index < -0.39 is 18.5 Å². The Hall–Kier alpha value is -2.24. The minimum atomic E-state index is -0.735. The van der Waals surface area contributed by atoms with E-state index in [2.05, 4.69) is 10.2 Å². The molecule has 0 saturated carbocycles. The molecule has 27 heavy (non-hydrogen) atoms. The molecule has 0 spiro atoms. The van der Waals surface area contributed by atoms with Crippen molar-refractivity contribution in [3.05, 3.63) is 58.1 Å². The van der Waals surface area contributed by atoms with Crippen molar-refractivity contribution in [2.24, 2.45) is 0 Å². The number of anilines is 2. The summed E-state index contributed by atoms with van der Waals surface area (Å²) in [4.78, 5) is 26.5. The Bertz CT molecular complexity index is 798. The summed E-state index contributed by atoms with van der Waals surface area (Å²) in [5.74, 6) is -1.17. The Kier molecular flexibility index (Phi) is 6.58. The van der Waals surface area contributed by atoms with Crippen molar-refractivity contribution >= 4 is 46.5 Å². The molecule has 1 heterocycles. The van der Waals surface area contributed by atoms with Crippen LogP contribution in [0.2, 0.25) is 10.0 Å². The molecule has 1 saturated heterocycles. The van der Waals surface area contributed by atoms with E-state index in [1.807, 2.05) is 24.3 Å². The van der Waals surface area contributed by atoms with Gasteiger partial charge in [-0.05, 0) is 55.7 Å². The molecule has 0 bridgehead atoms. The topological polar surface area (TPSA) is 58.6 Å². The van der Waals surface area contributed by atoms with Gasteiger partial charge in [-0.3, -0.25) is 4.79 Å². The largest absolute Gasteiger partial charge is 0.452 e. The first-order valence-electron chi connectivity index (χ1n) is 8.80. The lowest BCUT2D eigenvalue weighted by Crippen LogP contribution is -2.29. The van der Waals surface area contributed by atoms with Crippen molar-refractivity contribution in [1.29, 1.82) is 0 Å². The molecule has 0 radical (unpaired) electrons. The molecule has 142 valence electrons. The number of amides is 1. The second kappa shape index (κ2) is 9.11. The Balaban J connectivity index is 1.52. The van der Waals surface area contributed by atoms with E-state index >= 15 is 0 Å². The van der Waals surface area contributed by atoms with Crippen LogP contribution in [0.1, 0.15) is 29.6 Å². The van der Waals surface area contributed by atoms with Crippen LogP contribution >= 0.6 is 23.2 Å². The number of nitrogens with one attached hydrogen (secondary N) is 1. The molecule has 1 amide bonds. The number of benzene rings is 2. The van der Waals surface area contributed by atoms with Crippen molar-refractivity contribution in [3.8, 4) is 0 Å². The van der Waals surface area contributed by atoms with Crippen LogP contribution in [0.25, 0.3) is 0 Å². The summed E-state index contributed by atoms with van der Waals surface area (Å²) < 4.78 is 5.01. The van der Waals surface area contributed by atoms with Gasteiger partial charge in [-0.2, -0.15) is 0 Å². The first kappa shape index (κ1) is 19.5. The van der Waals surface area contributed by atoms with E-state index in [1.165, 1.54) is 31.4 Å². The molecule has 1 aliphatic rings. The summed E-state index contributed by atoms with van der Waals surface area (Å²) in [5.41, 5.74) is 1.85. The van der Waals surface area contributed by atoms with Gasteiger partial charge in [0.15, 0.2) is 6.61 Å². The highest BCUT2D eigenvalue weighted by Crippen LogP contribution is 2.25. The van der Waals surface area contributed by atoms with Gasteiger partial charge in [0.1, 0.15) is 0 Å². The lowest BCUT2D eigenvalue weighted by molar-refractivity contribution is -0.119. The molecule has 1 aliphatic heterocycles. The van der Waals surface area contributed by atoms with E-state index in [-0.39, 0.29) is 15.6 Å². The highest BCUT2D eigenvalue weighted by atomic mass is 35.5. The number of carbonyl (C=O) groups excluding carboxylic acids is 2. The fourth-order valence-electron chi connectivity index (χ4n) is 3.00. The van der Waals surface area contributed by atoms with Crippen molar-refractivity contribution in [2.75, 3.05) is 29.9 Å². The predicted octanol–water partition coefficient (Wildman–Crippen LogP) is 4.78. The number of rotatable bonds is 5. The van der Waals surface area contributed by atoms with Crippen molar-refractivity contribution < 1.29 is 14.3 Å². The number of hydrogen-bond donors (Lipinski definition) is 1. The van der Waals surface area contributed by atoms with Gasteiger partial charge in [0.25, 0.3) is 5.91 Å². The summed E-state index contributed by atoms with van der Waals surface area (Å²) >= 11 is 11.9. The number of piperidine rings is 1. The zero-order chi connectivity index (χ0) is 19.2. The maximum absolute atomic E-state index is 12.1. The summed E-state index contributed by atoms with van der Waals surface area (Å²) in [6.45, 7) is 1.70. The Labute approximate surface area is 168 Å². The molecule has 3 rings (SSSR count). The zero-order valence-electron chi connectivity index (χ0n) is 14.7. The van der Waals surface area contributed by atoms with Gasteiger partial charge in [0.2, 0.25) is 0 Å². The quantitative estimate of drug-likeness (QED) is 0.725. The highest BCUT2D eigenvalue weighted by Gasteiger charge is 2.17. The van der Waals surface area contributed by atoms with Crippen molar-refractivity contribution in [2.45, 2.75) is 19.3 Å². The van der Waals surface area contributed by atoms with Gasteiger partial charge in [-0.15, -0.1) is 0 Å². The monoisotopic (exact) mass is 406 g/mol. The van der Waals surface area contributed by atoms with Crippen LogP contribution < -0.4 is 10.2 Å². The van der Waals surface area contributed by atoms with Gasteiger partial charge >= 0.3 is 5.97 Å². The maximum Gasteiger partial charge on any atom is 0.341 e. The SMILES string of the molecule is O=C(COC(=O)c1c(Cl)cccc1Cl)Nc1ccc(N2CCCCC2)cc1. The fraction of sp³-hybridized carbons (Fsp3) is 0.300. The molecule has 1 N–H and O–H groups in total. The molecule has 5 nitrogen and oxygen atoms in total. The fourth-order valence-corrected chi connectivity index (χ4v) is 3.55. The molecular formula is C20H20Cl2N2O3. The maximum atomic E-state index is 12.1. The molecular weight excluding hydrogens is 387 g/mol. The van der Waals surface area contributed by atoms with Gasteiger partial charge < -0.3 is 15.0 Å². The molecule has 2 aromatic carbocycles. The average Bonchev–Trinajstić information content (AvgIpc) is 2.67. The molecule has 0 unspecified atom stereocenters. The Morgan fingerprint density at radius 3 is 2.22 bits per heavy atom. The van der Waals surface area contributed by atoms with Crippen molar-refractivity contribution in [1.82, 2.24) is 0 Å². The van der Waals surface area contributed by atoms with Crippen LogP contribution in [0.5, 0.6) is 0 Å². The number of esters is 1. The third-order valence-corrected chi connectivity index (χ3v) is 5.00. The van der Waals surface area contributed by atoms with Gasteiger partial charge in [-0.25, -0.2) is 4.79 Å². The van der Waals surface area contributed by atoms with Crippen LogP contribution in [0.15, 0.2) is 42.5 Å². The molecule has 1 fully saturated rings. The second-order valence-corrected chi connectivity index (χ2v) is 7.13. The van der Waals surface area contributed by atoms with Crippen LogP contribution in [0.4, 0.5) is 11.4 Å². The highest BCUT2D eigenvalue weighted by molar-refractivity contribution is 6.39. The van der Waals surface area contributed by atoms with Crippen LogP contribution in [0.3, 0.4) is 0 Å². The summed E-state index contributed by atoms with van der Waals surface area (Å²) in [7, 11) is 0. The number of nitrogens with zero attached hydrogens (tertiary/aromatic N) is 1. The van der Waals surface area contributed by atoms with Crippen molar-refractivity contribution in [3.63, 3.8) is 0 Å². The second-order valence-electron chi connectivity index (χ2n) is 6.32. The third-order valence-electron chi connectivity index (χ3n) is 4.37. The van der Waals surface area contributed by atoms with Crippen LogP contribution in [-0.2, 0) is 9.53 Å². The number of halogens is 2. The number of carbonyl (C=O) groups is 2. The number of ether oxygens (including phenoxy) is 1. The van der Waals surface area contributed by atoms with E-state index in [0.717, 1.165) is 18.8 Å². The van der Waals surface area contributed by atoms with E-state index in [9.17, 15) is 9.59 Å². The molecule has 2 aromatic rings. The van der Waals surface area contributed by atoms with E-state index in [1.54, 1.807) is 6.07 Å². The minimum absolute atomic E-state index is 0.0551. The average molecular weight is 407 g/mol. The smallest absolute Gasteiger partial charge is 0.341 e. The molecule has 0 aliphatic carbocycles. The normalized spacial score (nSPS) is 13.9. The molecule has 7 heteroatoms. The summed E-state index contributed by atoms with van der Waals surface area (Å²) in [6, 6.07) is 12.3. The molecule has 0 atom stereocenters. The lowest BCUT2D eigenvalue weighted by Gasteiger charge is -2.28. The Morgan fingerprint density at radius 1 is 0.963 bits per heavy atom. The van der Waals surface area contributed by atoms with Gasteiger partial charge in [0, 0.05) is 24.5 Å². The van der Waals surface area contributed by atoms with Gasteiger partial charge in [0.05, 0.1) is 15.6 Å². The third kappa shape index (κ3) is 5.15.